The van der Waals surface area contributed by atoms with Crippen LogP contribution in [0.1, 0.15) is 12.8 Å². The summed E-state index contributed by atoms with van der Waals surface area (Å²) < 4.78 is 4.97. The Morgan fingerprint density at radius 2 is 2.25 bits per heavy atom. The van der Waals surface area contributed by atoms with Crippen molar-refractivity contribution in [3.63, 3.8) is 0 Å². The van der Waals surface area contributed by atoms with Gasteiger partial charge in [0.25, 0.3) is 0 Å². The van der Waals surface area contributed by atoms with Crippen LogP contribution in [0, 0.1) is 0 Å². The van der Waals surface area contributed by atoms with Gasteiger partial charge in [0.15, 0.2) is 0 Å². The quantitative estimate of drug-likeness (QED) is 0.787. The van der Waals surface area contributed by atoms with E-state index in [0.29, 0.717) is 12.4 Å². The van der Waals surface area contributed by atoms with E-state index in [0.717, 1.165) is 25.9 Å². The summed E-state index contributed by atoms with van der Waals surface area (Å²) >= 11 is 5.81. The average molecular weight is 300 g/mol. The Bertz CT molecular complexity index is 477. The van der Waals surface area contributed by atoms with Crippen molar-refractivity contribution in [1.29, 1.82) is 0 Å². The van der Waals surface area contributed by atoms with Crippen LogP contribution in [0.4, 0.5) is 5.95 Å². The lowest BCUT2D eigenvalue weighted by molar-refractivity contribution is -0.117. The number of hydrogen-bond donors (Lipinski definition) is 2. The molecule has 3 N–H and O–H groups in total. The molecule has 7 nitrogen and oxygen atoms in total. The van der Waals surface area contributed by atoms with E-state index < -0.39 is 0 Å². The molecule has 1 fully saturated rings. The number of nitrogens with one attached hydrogen (secondary N) is 1. The first-order valence-electron chi connectivity index (χ1n) is 6.43. The second kappa shape index (κ2) is 6.83. The van der Waals surface area contributed by atoms with Crippen LogP contribution in [0.25, 0.3) is 0 Å². The van der Waals surface area contributed by atoms with E-state index in [1.54, 1.807) is 0 Å². The van der Waals surface area contributed by atoms with E-state index in [9.17, 15) is 4.79 Å². The SMILES string of the molecule is COc1cc(Cl)nc(NC(=O)CN2CCC(N)CC2)n1. The van der Waals surface area contributed by atoms with Gasteiger partial charge in [-0.25, -0.2) is 4.98 Å². The van der Waals surface area contributed by atoms with E-state index in [1.807, 2.05) is 0 Å². The molecule has 20 heavy (non-hydrogen) atoms. The highest BCUT2D eigenvalue weighted by atomic mass is 35.5. The first kappa shape index (κ1) is 15.0. The third-order valence-corrected chi connectivity index (χ3v) is 3.32. The maximum atomic E-state index is 11.9. The maximum Gasteiger partial charge on any atom is 0.240 e. The Balaban J connectivity index is 1.89. The Morgan fingerprint density at radius 1 is 1.55 bits per heavy atom. The normalized spacial score (nSPS) is 16.9. The lowest BCUT2D eigenvalue weighted by atomic mass is 10.1. The molecule has 0 aromatic carbocycles. The summed E-state index contributed by atoms with van der Waals surface area (Å²) in [5, 5.41) is 2.84. The number of carbonyl (C=O) groups excluding carboxylic acids is 1. The van der Waals surface area contributed by atoms with Crippen LogP contribution in [-0.2, 0) is 4.79 Å². The third-order valence-electron chi connectivity index (χ3n) is 3.13. The Hall–Kier alpha value is -1.44. The molecule has 2 rings (SSSR count). The minimum absolute atomic E-state index is 0.146. The number of halogens is 1. The molecule has 1 aliphatic heterocycles. The van der Waals surface area contributed by atoms with Crippen LogP contribution in [-0.4, -0.2) is 53.6 Å². The van der Waals surface area contributed by atoms with Gasteiger partial charge >= 0.3 is 0 Å². The predicted octanol–water partition coefficient (Wildman–Crippen LogP) is 0.500. The van der Waals surface area contributed by atoms with Crippen molar-refractivity contribution in [2.45, 2.75) is 18.9 Å². The van der Waals surface area contributed by atoms with E-state index in [1.165, 1.54) is 13.2 Å². The number of aromatic nitrogens is 2. The number of amides is 1. The van der Waals surface area contributed by atoms with Gasteiger partial charge in [0.05, 0.1) is 13.7 Å². The van der Waals surface area contributed by atoms with E-state index in [4.69, 9.17) is 22.1 Å². The smallest absolute Gasteiger partial charge is 0.240 e. The van der Waals surface area contributed by atoms with Crippen LogP contribution in [0.2, 0.25) is 5.15 Å². The van der Waals surface area contributed by atoms with Crippen molar-refractivity contribution in [1.82, 2.24) is 14.9 Å². The zero-order valence-electron chi connectivity index (χ0n) is 11.3. The fourth-order valence-corrected chi connectivity index (χ4v) is 2.21. The number of nitrogens with two attached hydrogens (primary N) is 1. The molecular weight excluding hydrogens is 282 g/mol. The van der Waals surface area contributed by atoms with Crippen molar-refractivity contribution in [3.05, 3.63) is 11.2 Å². The van der Waals surface area contributed by atoms with Gasteiger partial charge in [-0.05, 0) is 12.8 Å². The van der Waals surface area contributed by atoms with Gasteiger partial charge in [-0.2, -0.15) is 4.98 Å². The van der Waals surface area contributed by atoms with E-state index in [-0.39, 0.29) is 23.1 Å². The molecule has 0 spiro atoms. The van der Waals surface area contributed by atoms with Crippen LogP contribution in [0.5, 0.6) is 5.88 Å². The van der Waals surface area contributed by atoms with Gasteiger partial charge in [0.1, 0.15) is 5.15 Å². The molecule has 1 aromatic rings. The number of carbonyl (C=O) groups is 1. The lowest BCUT2D eigenvalue weighted by Crippen LogP contribution is -2.43. The van der Waals surface area contributed by atoms with Crippen LogP contribution in [0.15, 0.2) is 6.07 Å². The van der Waals surface area contributed by atoms with Crippen molar-refractivity contribution >= 4 is 23.5 Å². The molecule has 1 aliphatic rings. The molecule has 1 aromatic heterocycles. The van der Waals surface area contributed by atoms with Gasteiger partial charge in [-0.3, -0.25) is 15.0 Å². The fraction of sp³-hybridized carbons (Fsp3) is 0.583. The molecule has 0 saturated carbocycles. The van der Waals surface area contributed by atoms with Crippen LogP contribution < -0.4 is 15.8 Å². The van der Waals surface area contributed by atoms with Crippen LogP contribution in [0.3, 0.4) is 0 Å². The third kappa shape index (κ3) is 4.29. The highest BCUT2D eigenvalue weighted by Gasteiger charge is 2.18. The zero-order valence-corrected chi connectivity index (χ0v) is 12.1. The van der Waals surface area contributed by atoms with Crippen molar-refractivity contribution in [3.8, 4) is 5.88 Å². The zero-order chi connectivity index (χ0) is 14.5. The number of nitrogens with zero attached hydrogens (tertiary/aromatic N) is 3. The maximum absolute atomic E-state index is 11.9. The molecule has 0 unspecified atom stereocenters. The van der Waals surface area contributed by atoms with Crippen molar-refractivity contribution in [2.24, 2.45) is 5.73 Å². The minimum atomic E-state index is -0.176. The number of anilines is 1. The average Bonchev–Trinajstić information content (AvgIpc) is 2.40. The molecular formula is C12H18ClN5O2. The topological polar surface area (TPSA) is 93.4 Å². The number of hydrogen-bond acceptors (Lipinski definition) is 6. The molecule has 0 aliphatic carbocycles. The summed E-state index contributed by atoms with van der Waals surface area (Å²) in [5.41, 5.74) is 5.82. The molecule has 110 valence electrons. The van der Waals surface area contributed by atoms with Gasteiger partial charge < -0.3 is 10.5 Å². The summed E-state index contributed by atoms with van der Waals surface area (Å²) in [6.07, 6.45) is 1.82. The van der Waals surface area contributed by atoms with Gasteiger partial charge in [0, 0.05) is 25.2 Å². The molecule has 0 radical (unpaired) electrons. The highest BCUT2D eigenvalue weighted by molar-refractivity contribution is 6.29. The minimum Gasteiger partial charge on any atom is -0.481 e. The molecule has 0 bridgehead atoms. The molecule has 0 atom stereocenters. The lowest BCUT2D eigenvalue weighted by Gasteiger charge is -2.29. The molecule has 1 saturated heterocycles. The number of piperidine rings is 1. The number of methoxy groups -OCH3 is 1. The predicted molar refractivity (Wildman–Crippen MR) is 75.9 cm³/mol. The second-order valence-corrected chi connectivity index (χ2v) is 5.11. The van der Waals surface area contributed by atoms with E-state index >= 15 is 0 Å². The largest absolute Gasteiger partial charge is 0.481 e. The monoisotopic (exact) mass is 299 g/mol. The second-order valence-electron chi connectivity index (χ2n) is 4.72. The first-order chi connectivity index (χ1) is 9.56. The standard InChI is InChI=1S/C12H18ClN5O2/c1-20-11-6-9(13)15-12(17-11)16-10(19)7-18-4-2-8(14)3-5-18/h6,8H,2-5,7,14H2,1H3,(H,15,16,17,19). The number of ether oxygens (including phenoxy) is 1. The Morgan fingerprint density at radius 3 is 2.90 bits per heavy atom. The summed E-state index contributed by atoms with van der Waals surface area (Å²) in [5.74, 6) is 0.280. The summed E-state index contributed by atoms with van der Waals surface area (Å²) in [6, 6.07) is 1.72. The molecule has 1 amide bonds. The fourth-order valence-electron chi connectivity index (χ4n) is 2.04. The van der Waals surface area contributed by atoms with E-state index in [2.05, 4.69) is 20.2 Å². The summed E-state index contributed by atoms with van der Waals surface area (Å²) in [6.45, 7) is 1.95. The summed E-state index contributed by atoms with van der Waals surface area (Å²) in [4.78, 5) is 21.9. The number of likely N-dealkylation sites (tertiary alicyclic amines) is 1. The molecule has 8 heteroatoms. The van der Waals surface area contributed by atoms with Crippen molar-refractivity contribution in [2.75, 3.05) is 32.1 Å². The van der Waals surface area contributed by atoms with Gasteiger partial charge in [0.2, 0.25) is 17.7 Å². The first-order valence-corrected chi connectivity index (χ1v) is 6.81. The van der Waals surface area contributed by atoms with Gasteiger partial charge in [-0.1, -0.05) is 11.6 Å². The molecule has 2 heterocycles. The number of rotatable bonds is 4. The van der Waals surface area contributed by atoms with Crippen molar-refractivity contribution < 1.29 is 9.53 Å². The Labute approximate surface area is 122 Å². The highest BCUT2D eigenvalue weighted by Crippen LogP contribution is 2.15. The summed E-state index contributed by atoms with van der Waals surface area (Å²) in [7, 11) is 1.47. The Kier molecular flexibility index (Phi) is 5.11. The van der Waals surface area contributed by atoms with Gasteiger partial charge in [-0.15, -0.1) is 0 Å². The van der Waals surface area contributed by atoms with Crippen LogP contribution >= 0.6 is 11.6 Å².